The Balaban J connectivity index is 1.70. The van der Waals surface area contributed by atoms with E-state index >= 15 is 0 Å². The van der Waals surface area contributed by atoms with Gasteiger partial charge in [0.05, 0.1) is 10.0 Å². The summed E-state index contributed by atoms with van der Waals surface area (Å²) in [6.45, 7) is 1.42. The fourth-order valence-electron chi connectivity index (χ4n) is 1.52. The second-order valence-corrected chi connectivity index (χ2v) is 5.17. The van der Waals surface area contributed by atoms with Crippen LogP contribution >= 0.6 is 23.2 Å². The number of aliphatic imine (C=N–C) groups is 1. The molecule has 1 saturated carbocycles. The molecule has 1 aromatic rings. The minimum absolute atomic E-state index is 0.521. The average Bonchev–Trinajstić information content (AvgIpc) is 3.19. The number of rotatable bonds is 5. The SMILES string of the molecule is CN=C(NCCNc1ncc(Cl)cc1Cl)NC1CC1. The van der Waals surface area contributed by atoms with Crippen LogP contribution in [0.4, 0.5) is 5.82 Å². The molecule has 0 bridgehead atoms. The van der Waals surface area contributed by atoms with Crippen molar-refractivity contribution in [1.29, 1.82) is 0 Å². The van der Waals surface area contributed by atoms with Gasteiger partial charge in [-0.2, -0.15) is 0 Å². The van der Waals surface area contributed by atoms with E-state index in [1.54, 1.807) is 19.3 Å². The van der Waals surface area contributed by atoms with Crippen molar-refractivity contribution in [2.75, 3.05) is 25.5 Å². The number of nitrogens with zero attached hydrogens (tertiary/aromatic N) is 2. The Morgan fingerprint density at radius 3 is 2.84 bits per heavy atom. The molecule has 1 heterocycles. The molecule has 0 atom stereocenters. The normalized spacial score (nSPS) is 15.2. The third kappa shape index (κ3) is 4.76. The van der Waals surface area contributed by atoms with Gasteiger partial charge in [0, 0.05) is 32.4 Å². The molecule has 0 radical (unpaired) electrons. The maximum atomic E-state index is 6.01. The Kier molecular flexibility index (Phi) is 5.10. The first-order valence-corrected chi connectivity index (χ1v) is 6.96. The summed E-state index contributed by atoms with van der Waals surface area (Å²) < 4.78 is 0. The van der Waals surface area contributed by atoms with Crippen LogP contribution in [0.2, 0.25) is 10.0 Å². The zero-order valence-corrected chi connectivity index (χ0v) is 12.2. The molecule has 1 aliphatic rings. The Hall–Kier alpha value is -1.20. The van der Waals surface area contributed by atoms with Crippen molar-refractivity contribution in [1.82, 2.24) is 15.6 Å². The lowest BCUT2D eigenvalue weighted by Gasteiger charge is -2.12. The Labute approximate surface area is 122 Å². The molecule has 0 aliphatic heterocycles. The molecule has 1 aliphatic carbocycles. The van der Waals surface area contributed by atoms with E-state index < -0.39 is 0 Å². The predicted molar refractivity (Wildman–Crippen MR) is 80.3 cm³/mol. The molecule has 2 rings (SSSR count). The van der Waals surface area contributed by atoms with Crippen LogP contribution in [-0.4, -0.2) is 37.1 Å². The van der Waals surface area contributed by atoms with Crippen LogP contribution in [0, 0.1) is 0 Å². The van der Waals surface area contributed by atoms with Crippen molar-refractivity contribution in [3.8, 4) is 0 Å². The summed E-state index contributed by atoms with van der Waals surface area (Å²) in [6, 6.07) is 2.26. The Morgan fingerprint density at radius 2 is 2.21 bits per heavy atom. The quantitative estimate of drug-likeness (QED) is 0.443. The van der Waals surface area contributed by atoms with E-state index in [0.29, 0.717) is 28.4 Å². The van der Waals surface area contributed by atoms with E-state index in [4.69, 9.17) is 23.2 Å². The Bertz CT molecular complexity index is 459. The number of hydrogen-bond donors (Lipinski definition) is 3. The zero-order chi connectivity index (χ0) is 13.7. The lowest BCUT2D eigenvalue weighted by atomic mass is 10.4. The van der Waals surface area contributed by atoms with Crippen LogP contribution in [0.25, 0.3) is 0 Å². The van der Waals surface area contributed by atoms with Crippen LogP contribution in [-0.2, 0) is 0 Å². The maximum Gasteiger partial charge on any atom is 0.191 e. The second kappa shape index (κ2) is 6.82. The summed E-state index contributed by atoms with van der Waals surface area (Å²) >= 11 is 11.8. The lowest BCUT2D eigenvalue weighted by molar-refractivity contribution is 0.808. The summed E-state index contributed by atoms with van der Waals surface area (Å²) in [5, 5.41) is 10.7. The first-order valence-electron chi connectivity index (χ1n) is 6.21. The van der Waals surface area contributed by atoms with Gasteiger partial charge >= 0.3 is 0 Å². The molecule has 1 aromatic heterocycles. The second-order valence-electron chi connectivity index (χ2n) is 4.33. The molecule has 0 aromatic carbocycles. The van der Waals surface area contributed by atoms with Gasteiger partial charge in [0.15, 0.2) is 5.96 Å². The van der Waals surface area contributed by atoms with Crippen molar-refractivity contribution in [2.24, 2.45) is 4.99 Å². The van der Waals surface area contributed by atoms with Gasteiger partial charge < -0.3 is 16.0 Å². The molecular formula is C12H17Cl2N5. The monoisotopic (exact) mass is 301 g/mol. The number of nitrogens with one attached hydrogen (secondary N) is 3. The van der Waals surface area contributed by atoms with E-state index in [0.717, 1.165) is 12.5 Å². The van der Waals surface area contributed by atoms with Gasteiger partial charge in [0.2, 0.25) is 0 Å². The molecule has 104 valence electrons. The molecule has 7 heteroatoms. The maximum absolute atomic E-state index is 6.01. The highest BCUT2D eigenvalue weighted by molar-refractivity contribution is 6.35. The van der Waals surface area contributed by atoms with Crippen LogP contribution in [0.15, 0.2) is 17.3 Å². The molecule has 0 unspecified atom stereocenters. The van der Waals surface area contributed by atoms with Gasteiger partial charge in [-0.05, 0) is 18.9 Å². The molecule has 3 N–H and O–H groups in total. The number of aromatic nitrogens is 1. The number of pyridine rings is 1. The van der Waals surface area contributed by atoms with Crippen LogP contribution in [0.3, 0.4) is 0 Å². The first kappa shape index (κ1) is 14.2. The van der Waals surface area contributed by atoms with E-state index in [9.17, 15) is 0 Å². The van der Waals surface area contributed by atoms with Crippen molar-refractivity contribution in [3.63, 3.8) is 0 Å². The smallest absolute Gasteiger partial charge is 0.191 e. The molecular weight excluding hydrogens is 285 g/mol. The first-order chi connectivity index (χ1) is 9.19. The van der Waals surface area contributed by atoms with E-state index in [2.05, 4.69) is 25.9 Å². The number of guanidine groups is 1. The van der Waals surface area contributed by atoms with E-state index in [-0.39, 0.29) is 0 Å². The highest BCUT2D eigenvalue weighted by Crippen LogP contribution is 2.22. The van der Waals surface area contributed by atoms with Gasteiger partial charge in [0.25, 0.3) is 0 Å². The molecule has 19 heavy (non-hydrogen) atoms. The fraction of sp³-hybridized carbons (Fsp3) is 0.500. The van der Waals surface area contributed by atoms with Crippen LogP contribution < -0.4 is 16.0 Å². The van der Waals surface area contributed by atoms with Crippen molar-refractivity contribution in [2.45, 2.75) is 18.9 Å². The number of anilines is 1. The molecule has 0 spiro atoms. The van der Waals surface area contributed by atoms with Crippen molar-refractivity contribution < 1.29 is 0 Å². The standard InChI is InChI=1S/C12H17Cl2N5/c1-15-12(19-9-2-3-9)17-5-4-16-11-10(14)6-8(13)7-18-11/h6-7,9H,2-5H2,1H3,(H,16,18)(H2,15,17,19). The van der Waals surface area contributed by atoms with Gasteiger partial charge in [-0.25, -0.2) is 4.98 Å². The third-order valence-electron chi connectivity index (χ3n) is 2.66. The zero-order valence-electron chi connectivity index (χ0n) is 10.7. The van der Waals surface area contributed by atoms with Gasteiger partial charge in [0.1, 0.15) is 5.82 Å². The predicted octanol–water partition coefficient (Wildman–Crippen LogP) is 2.13. The molecule has 1 fully saturated rings. The van der Waals surface area contributed by atoms with Crippen LogP contribution in [0.5, 0.6) is 0 Å². The number of hydrogen-bond acceptors (Lipinski definition) is 3. The lowest BCUT2D eigenvalue weighted by Crippen LogP contribution is -2.40. The molecule has 5 nitrogen and oxygen atoms in total. The third-order valence-corrected chi connectivity index (χ3v) is 3.15. The minimum Gasteiger partial charge on any atom is -0.367 e. The van der Waals surface area contributed by atoms with E-state index in [1.165, 1.54) is 12.8 Å². The minimum atomic E-state index is 0.521. The average molecular weight is 302 g/mol. The van der Waals surface area contributed by atoms with Crippen LogP contribution in [0.1, 0.15) is 12.8 Å². The highest BCUT2D eigenvalue weighted by atomic mass is 35.5. The largest absolute Gasteiger partial charge is 0.367 e. The van der Waals surface area contributed by atoms with E-state index in [1.807, 2.05) is 0 Å². The number of halogens is 2. The summed E-state index contributed by atoms with van der Waals surface area (Å²) in [4.78, 5) is 8.27. The topological polar surface area (TPSA) is 61.3 Å². The van der Waals surface area contributed by atoms with Gasteiger partial charge in [-0.1, -0.05) is 23.2 Å². The summed E-state index contributed by atoms with van der Waals surface area (Å²) in [7, 11) is 1.77. The molecule has 0 saturated heterocycles. The van der Waals surface area contributed by atoms with Gasteiger partial charge in [-0.3, -0.25) is 4.99 Å². The molecule has 0 amide bonds. The van der Waals surface area contributed by atoms with Crippen molar-refractivity contribution >= 4 is 35.0 Å². The summed E-state index contributed by atoms with van der Waals surface area (Å²) in [5.41, 5.74) is 0. The van der Waals surface area contributed by atoms with Crippen molar-refractivity contribution in [3.05, 3.63) is 22.3 Å². The summed E-state index contributed by atoms with van der Waals surface area (Å²) in [5.74, 6) is 1.47. The summed E-state index contributed by atoms with van der Waals surface area (Å²) in [6.07, 6.45) is 4.02. The fourth-order valence-corrected chi connectivity index (χ4v) is 1.97. The van der Waals surface area contributed by atoms with Gasteiger partial charge in [-0.15, -0.1) is 0 Å². The Morgan fingerprint density at radius 1 is 1.42 bits per heavy atom. The highest BCUT2D eigenvalue weighted by Gasteiger charge is 2.21.